The van der Waals surface area contributed by atoms with Crippen molar-refractivity contribution < 1.29 is 39.0 Å². The van der Waals surface area contributed by atoms with Gasteiger partial charge < -0.3 is 10.2 Å². The van der Waals surface area contributed by atoms with Crippen LogP contribution < -0.4 is 10.4 Å². The molecule has 2 aromatic rings. The lowest BCUT2D eigenvalue weighted by Crippen LogP contribution is -2.53. The van der Waals surface area contributed by atoms with Gasteiger partial charge in [0, 0.05) is 0 Å². The molecule has 0 saturated carbocycles. The predicted molar refractivity (Wildman–Crippen MR) is 125 cm³/mol. The fraction of sp³-hybridized carbons (Fsp3) is 0.250. The molecule has 10 nitrogen and oxygen atoms in total. The highest BCUT2D eigenvalue weighted by atomic mass is 28.3. The number of imide groups is 2. The second-order valence-corrected chi connectivity index (χ2v) is 13.5. The van der Waals surface area contributed by atoms with Crippen LogP contribution in [0.15, 0.2) is 36.4 Å². The molecule has 0 radical (unpaired) electrons. The van der Waals surface area contributed by atoms with E-state index in [1.54, 1.807) is 24.3 Å². The summed E-state index contributed by atoms with van der Waals surface area (Å²) in [5, 5.41) is 20.0. The molecular formula is C24H22N2O8Si. The van der Waals surface area contributed by atoms with E-state index in [4.69, 9.17) is 0 Å². The molecule has 2 heterocycles. The Balaban J connectivity index is 1.72. The van der Waals surface area contributed by atoms with Crippen molar-refractivity contribution in [2.24, 2.45) is 0 Å². The van der Waals surface area contributed by atoms with E-state index < -0.39 is 55.7 Å². The van der Waals surface area contributed by atoms with Crippen LogP contribution in [0.4, 0.5) is 0 Å². The quantitative estimate of drug-likeness (QED) is 0.439. The summed E-state index contributed by atoms with van der Waals surface area (Å²) in [6, 6.07) is 7.00. The molecule has 0 spiro atoms. The van der Waals surface area contributed by atoms with E-state index in [1.807, 2.05) is 13.1 Å². The van der Waals surface area contributed by atoms with Crippen molar-refractivity contribution in [3.05, 3.63) is 58.7 Å². The molecule has 4 rings (SSSR count). The third kappa shape index (κ3) is 3.46. The maximum Gasteiger partial charge on any atom is 0.326 e. The third-order valence-corrected chi connectivity index (χ3v) is 10.3. The third-order valence-electron chi connectivity index (χ3n) is 6.77. The van der Waals surface area contributed by atoms with Gasteiger partial charge in [-0.3, -0.25) is 29.0 Å². The van der Waals surface area contributed by atoms with Crippen LogP contribution in [0.5, 0.6) is 0 Å². The second-order valence-electron chi connectivity index (χ2n) is 9.13. The Morgan fingerprint density at radius 1 is 0.657 bits per heavy atom. The lowest BCUT2D eigenvalue weighted by Gasteiger charge is -2.24. The zero-order valence-corrected chi connectivity index (χ0v) is 20.4. The van der Waals surface area contributed by atoms with E-state index in [0.717, 1.165) is 20.2 Å². The van der Waals surface area contributed by atoms with Crippen LogP contribution in [-0.2, 0) is 9.59 Å². The van der Waals surface area contributed by atoms with E-state index in [9.17, 15) is 39.0 Å². The van der Waals surface area contributed by atoms with Crippen LogP contribution in [0.25, 0.3) is 0 Å². The van der Waals surface area contributed by atoms with Gasteiger partial charge in [-0.2, -0.15) is 0 Å². The summed E-state index contributed by atoms with van der Waals surface area (Å²) in [5.74, 6) is -5.28. The van der Waals surface area contributed by atoms with Gasteiger partial charge >= 0.3 is 11.9 Å². The van der Waals surface area contributed by atoms with Gasteiger partial charge in [-0.25, -0.2) is 9.59 Å². The fourth-order valence-corrected chi connectivity index (χ4v) is 6.73. The molecule has 2 aliphatic rings. The number of benzene rings is 2. The number of nitrogens with zero attached hydrogens (tertiary/aromatic N) is 2. The van der Waals surface area contributed by atoms with Crippen LogP contribution >= 0.6 is 0 Å². The number of hydrogen-bond donors (Lipinski definition) is 2. The van der Waals surface area contributed by atoms with Crippen molar-refractivity contribution in [3.63, 3.8) is 0 Å². The average molecular weight is 495 g/mol. The summed E-state index contributed by atoms with van der Waals surface area (Å²) in [6.45, 7) is 6.46. The largest absolute Gasteiger partial charge is 0.480 e. The number of amides is 4. The first-order valence-corrected chi connectivity index (χ1v) is 13.8. The molecule has 180 valence electrons. The van der Waals surface area contributed by atoms with Crippen LogP contribution in [-0.4, -0.2) is 75.7 Å². The summed E-state index contributed by atoms with van der Waals surface area (Å²) >= 11 is 0. The minimum atomic E-state index is -2.58. The molecule has 0 bridgehead atoms. The Labute approximate surface area is 200 Å². The molecule has 2 unspecified atom stereocenters. The Kier molecular flexibility index (Phi) is 5.48. The second kappa shape index (κ2) is 7.98. The number of hydrogen-bond acceptors (Lipinski definition) is 6. The summed E-state index contributed by atoms with van der Waals surface area (Å²) in [4.78, 5) is 75.2. The lowest BCUT2D eigenvalue weighted by atomic mass is 10.1. The maximum atomic E-state index is 12.9. The van der Waals surface area contributed by atoms with Gasteiger partial charge in [-0.1, -0.05) is 35.6 Å². The first-order valence-electron chi connectivity index (χ1n) is 10.8. The van der Waals surface area contributed by atoms with Crippen molar-refractivity contribution in [2.75, 3.05) is 0 Å². The van der Waals surface area contributed by atoms with Crippen LogP contribution in [0.2, 0.25) is 13.1 Å². The van der Waals surface area contributed by atoms with E-state index in [0.29, 0.717) is 0 Å². The molecule has 0 fully saturated rings. The first-order chi connectivity index (χ1) is 16.3. The summed E-state index contributed by atoms with van der Waals surface area (Å²) < 4.78 is 0. The normalized spacial score (nSPS) is 16.9. The van der Waals surface area contributed by atoms with E-state index in [1.165, 1.54) is 26.0 Å². The number of aliphatic carboxylic acids is 2. The van der Waals surface area contributed by atoms with Crippen molar-refractivity contribution >= 4 is 54.0 Å². The molecule has 0 aromatic heterocycles. The van der Waals surface area contributed by atoms with Crippen molar-refractivity contribution in [1.29, 1.82) is 0 Å². The molecule has 4 amide bonds. The SMILES string of the molecule is CC(C(=O)O)N1C(=O)c2ccc([Si](C)(C)c3ccc4c(c3)C(=O)N(C(C)C(=O)O)C4=O)cc2C1=O. The number of fused-ring (bicyclic) bond motifs is 2. The molecule has 0 saturated heterocycles. The average Bonchev–Trinajstić information content (AvgIpc) is 3.21. The molecule has 2 atom stereocenters. The van der Waals surface area contributed by atoms with Gasteiger partial charge in [0.05, 0.1) is 22.3 Å². The van der Waals surface area contributed by atoms with Crippen LogP contribution in [0.3, 0.4) is 0 Å². The monoisotopic (exact) mass is 494 g/mol. The summed E-state index contributed by atoms with van der Waals surface area (Å²) in [5.41, 5.74) is 0.499. The number of carboxylic acid groups (broad SMARTS) is 2. The Morgan fingerprint density at radius 3 is 1.29 bits per heavy atom. The predicted octanol–water partition coefficient (Wildman–Crippen LogP) is 0.647. The van der Waals surface area contributed by atoms with Gasteiger partial charge in [-0.05, 0) is 38.1 Å². The molecule has 35 heavy (non-hydrogen) atoms. The molecule has 2 aliphatic heterocycles. The standard InChI is InChI=1S/C24H22N2O8Si/c1-11(23(31)32)25-19(27)15-7-5-13(9-17(15)21(25)29)35(3,4)14-6-8-16-18(10-14)22(30)26(20(16)28)12(2)24(33)34/h5-12H,1-4H3,(H,31,32)(H,33,34). The molecular weight excluding hydrogens is 472 g/mol. The van der Waals surface area contributed by atoms with Gasteiger partial charge in [0.15, 0.2) is 0 Å². The highest BCUT2D eigenvalue weighted by Gasteiger charge is 2.44. The zero-order chi connectivity index (χ0) is 26.0. The highest BCUT2D eigenvalue weighted by molar-refractivity contribution is 7.00. The first kappa shape index (κ1) is 24.0. The van der Waals surface area contributed by atoms with Crippen LogP contribution in [0, 0.1) is 0 Å². The van der Waals surface area contributed by atoms with E-state index in [-0.39, 0.29) is 22.3 Å². The van der Waals surface area contributed by atoms with Crippen molar-refractivity contribution in [2.45, 2.75) is 39.0 Å². The molecule has 11 heteroatoms. The Hall–Kier alpha value is -4.12. The van der Waals surface area contributed by atoms with E-state index >= 15 is 0 Å². The number of carbonyl (C=O) groups is 6. The lowest BCUT2D eigenvalue weighted by molar-refractivity contribution is -0.141. The smallest absolute Gasteiger partial charge is 0.326 e. The molecule has 0 aliphatic carbocycles. The minimum absolute atomic E-state index is 0.120. The summed E-state index contributed by atoms with van der Waals surface area (Å²) in [7, 11) is -2.58. The number of carboxylic acids is 2. The van der Waals surface area contributed by atoms with Crippen LogP contribution in [0.1, 0.15) is 55.3 Å². The van der Waals surface area contributed by atoms with Gasteiger partial charge in [0.25, 0.3) is 23.6 Å². The minimum Gasteiger partial charge on any atom is -0.480 e. The highest BCUT2D eigenvalue weighted by Crippen LogP contribution is 2.27. The number of rotatable bonds is 6. The van der Waals surface area contributed by atoms with Crippen molar-refractivity contribution in [3.8, 4) is 0 Å². The molecule has 2 aromatic carbocycles. The van der Waals surface area contributed by atoms with Gasteiger partial charge in [0.2, 0.25) is 0 Å². The Bertz CT molecular complexity index is 1260. The molecule has 2 N–H and O–H groups in total. The number of carbonyl (C=O) groups excluding carboxylic acids is 4. The maximum absolute atomic E-state index is 12.9. The van der Waals surface area contributed by atoms with E-state index in [2.05, 4.69) is 0 Å². The van der Waals surface area contributed by atoms with Crippen molar-refractivity contribution in [1.82, 2.24) is 9.80 Å². The summed E-state index contributed by atoms with van der Waals surface area (Å²) in [6.07, 6.45) is 0. The topological polar surface area (TPSA) is 149 Å². The fourth-order valence-electron chi connectivity index (χ4n) is 4.39. The Morgan fingerprint density at radius 2 is 0.971 bits per heavy atom. The van der Waals surface area contributed by atoms with Gasteiger partial charge in [-0.15, -0.1) is 0 Å². The van der Waals surface area contributed by atoms with Gasteiger partial charge in [0.1, 0.15) is 20.2 Å². The zero-order valence-electron chi connectivity index (χ0n) is 19.4.